The number of ether oxygens (including phenoxy) is 2. The Morgan fingerprint density at radius 2 is 1.88 bits per heavy atom. The van der Waals surface area contributed by atoms with E-state index in [1.165, 1.54) is 25.5 Å². The molecule has 0 unspecified atom stereocenters. The monoisotopic (exact) mass is 469 g/mol. The fourth-order valence-electron chi connectivity index (χ4n) is 3.22. The third kappa shape index (κ3) is 5.40. The molecule has 0 fully saturated rings. The number of hydrogen-bond donors (Lipinski definition) is 1. The third-order valence-corrected chi connectivity index (χ3v) is 4.74. The van der Waals surface area contributed by atoms with Crippen LogP contribution in [0.4, 0.5) is 24.8 Å². The van der Waals surface area contributed by atoms with Gasteiger partial charge in [0.2, 0.25) is 5.95 Å². The van der Waals surface area contributed by atoms with E-state index in [-0.39, 0.29) is 11.4 Å². The second-order valence-corrected chi connectivity index (χ2v) is 7.25. The normalized spacial score (nSPS) is 11.7. The molecule has 2 aromatic heterocycles. The molecule has 1 N–H and O–H groups in total. The van der Waals surface area contributed by atoms with Gasteiger partial charge < -0.3 is 24.2 Å². The minimum atomic E-state index is -4.81. The molecular weight excluding hydrogens is 450 g/mol. The van der Waals surface area contributed by atoms with Crippen LogP contribution in [-0.2, 0) is 11.9 Å². The number of aryl methyl sites for hydroxylation is 1. The van der Waals surface area contributed by atoms with Gasteiger partial charge in [-0.3, -0.25) is 4.98 Å². The summed E-state index contributed by atoms with van der Waals surface area (Å²) < 4.78 is 50.3. The fraction of sp³-hybridized carbons (Fsp3) is 0.136. The average molecular weight is 469 g/mol. The lowest BCUT2D eigenvalue weighted by Gasteiger charge is -2.15. The number of alkyl halides is 3. The van der Waals surface area contributed by atoms with E-state index in [1.807, 2.05) is 0 Å². The first-order chi connectivity index (χ1) is 16.2. The lowest BCUT2D eigenvalue weighted by Crippen LogP contribution is -2.19. The fourth-order valence-corrected chi connectivity index (χ4v) is 3.22. The molecule has 4 rings (SSSR count). The maximum absolute atomic E-state index is 12.8. The number of pyridine rings is 1. The van der Waals surface area contributed by atoms with Crippen molar-refractivity contribution in [3.63, 3.8) is 0 Å². The predicted molar refractivity (Wildman–Crippen MR) is 124 cm³/mol. The van der Waals surface area contributed by atoms with Crippen LogP contribution < -0.4 is 20.3 Å². The minimum Gasteiger partial charge on any atom is -0.457 e. The second kappa shape index (κ2) is 9.34. The minimum absolute atomic E-state index is 0.139. The summed E-state index contributed by atoms with van der Waals surface area (Å²) in [6.07, 6.45) is -1.78. The second-order valence-electron chi connectivity index (χ2n) is 7.25. The van der Waals surface area contributed by atoms with Gasteiger partial charge in [-0.15, -0.1) is 13.2 Å². The van der Waals surface area contributed by atoms with Crippen LogP contribution in [-0.4, -0.2) is 42.1 Å². The van der Waals surface area contributed by atoms with Crippen LogP contribution in [0, 0.1) is 0 Å². The van der Waals surface area contributed by atoms with Gasteiger partial charge in [-0.25, -0.2) is 4.98 Å². The maximum Gasteiger partial charge on any atom is 0.573 e. The zero-order chi connectivity index (χ0) is 24.3. The van der Waals surface area contributed by atoms with Crippen molar-refractivity contribution < 1.29 is 27.5 Å². The van der Waals surface area contributed by atoms with Gasteiger partial charge in [0.15, 0.2) is 5.75 Å². The van der Waals surface area contributed by atoms with Crippen molar-refractivity contribution in [2.45, 2.75) is 6.36 Å². The van der Waals surface area contributed by atoms with E-state index in [1.54, 1.807) is 62.1 Å². The SMILES string of the molecule is Bc1ccc(Nc2nc3cc(Oc4ccnc(/C=N\OC)c4)ccc3n2C)c(OC(F)(F)F)c1. The summed E-state index contributed by atoms with van der Waals surface area (Å²) in [6.45, 7) is 0. The van der Waals surface area contributed by atoms with Crippen molar-refractivity contribution in [2.75, 3.05) is 12.4 Å². The molecular formula is C22H19BF3N5O3. The smallest absolute Gasteiger partial charge is 0.457 e. The Labute approximate surface area is 193 Å². The van der Waals surface area contributed by atoms with Crippen LogP contribution in [0.15, 0.2) is 59.9 Å². The zero-order valence-electron chi connectivity index (χ0n) is 18.4. The van der Waals surface area contributed by atoms with Gasteiger partial charge in [-0.2, -0.15) is 0 Å². The number of benzene rings is 2. The number of aromatic nitrogens is 3. The Balaban J connectivity index is 1.60. The molecule has 0 saturated heterocycles. The summed E-state index contributed by atoms with van der Waals surface area (Å²) in [5.41, 5.74) is 2.66. The van der Waals surface area contributed by atoms with Crippen LogP contribution >= 0.6 is 0 Å². The highest BCUT2D eigenvalue weighted by molar-refractivity contribution is 6.32. The van der Waals surface area contributed by atoms with Gasteiger partial charge in [-0.1, -0.05) is 16.7 Å². The molecule has 34 heavy (non-hydrogen) atoms. The Hall–Kier alpha value is -4.22. The van der Waals surface area contributed by atoms with Crippen LogP contribution in [0.5, 0.6) is 17.2 Å². The average Bonchev–Trinajstić information content (AvgIpc) is 3.08. The van der Waals surface area contributed by atoms with Gasteiger partial charge in [0.25, 0.3) is 0 Å². The Kier molecular flexibility index (Phi) is 6.31. The standard InChI is InChI=1S/C22H19BF3N5O3/c1-31-19-6-4-15(33-16-7-8-27-14(10-16)12-28-32-2)11-18(19)30-21(31)29-17-5-3-13(23)9-20(17)34-22(24,25)26/h3-12H,23H2,1-2H3,(H,29,30)/b28-12-. The molecule has 4 aromatic rings. The molecule has 0 saturated carbocycles. The van der Waals surface area contributed by atoms with Gasteiger partial charge >= 0.3 is 6.36 Å². The van der Waals surface area contributed by atoms with Gasteiger partial charge in [0.1, 0.15) is 26.5 Å². The lowest BCUT2D eigenvalue weighted by molar-refractivity contribution is -0.274. The predicted octanol–water partition coefficient (Wildman–Crippen LogP) is 3.64. The topological polar surface area (TPSA) is 82.8 Å². The first-order valence-corrected chi connectivity index (χ1v) is 10.0. The van der Waals surface area contributed by atoms with E-state index < -0.39 is 6.36 Å². The summed E-state index contributed by atoms with van der Waals surface area (Å²) in [4.78, 5) is 13.3. The van der Waals surface area contributed by atoms with Crippen molar-refractivity contribution in [3.8, 4) is 17.2 Å². The van der Waals surface area contributed by atoms with E-state index in [0.29, 0.717) is 34.1 Å². The number of nitrogens with zero attached hydrogens (tertiary/aromatic N) is 4. The molecule has 0 aliphatic heterocycles. The quantitative estimate of drug-likeness (QED) is 0.253. The van der Waals surface area contributed by atoms with Crippen LogP contribution in [0.2, 0.25) is 0 Å². The van der Waals surface area contributed by atoms with Crippen molar-refractivity contribution in [1.82, 2.24) is 14.5 Å². The van der Waals surface area contributed by atoms with Crippen molar-refractivity contribution in [3.05, 3.63) is 60.4 Å². The zero-order valence-corrected chi connectivity index (χ0v) is 18.4. The molecule has 2 heterocycles. The van der Waals surface area contributed by atoms with Gasteiger partial charge in [-0.05, 0) is 30.3 Å². The Morgan fingerprint density at radius 1 is 1.09 bits per heavy atom. The molecule has 12 heteroatoms. The number of halogens is 3. The summed E-state index contributed by atoms with van der Waals surface area (Å²) in [5, 5.41) is 6.60. The first kappa shape index (κ1) is 23.0. The lowest BCUT2D eigenvalue weighted by atomic mass is 9.96. The molecule has 174 valence electrons. The molecule has 0 radical (unpaired) electrons. The van der Waals surface area contributed by atoms with E-state index >= 15 is 0 Å². The van der Waals surface area contributed by atoms with Crippen LogP contribution in [0.1, 0.15) is 5.69 Å². The summed E-state index contributed by atoms with van der Waals surface area (Å²) in [7, 11) is 4.87. The third-order valence-electron chi connectivity index (χ3n) is 4.74. The number of anilines is 2. The molecule has 0 amide bonds. The van der Waals surface area contributed by atoms with E-state index in [4.69, 9.17) is 4.74 Å². The Bertz CT molecular complexity index is 1360. The van der Waals surface area contributed by atoms with E-state index in [0.717, 1.165) is 5.52 Å². The van der Waals surface area contributed by atoms with Gasteiger partial charge in [0, 0.05) is 25.4 Å². The van der Waals surface area contributed by atoms with Crippen molar-refractivity contribution in [2.24, 2.45) is 12.2 Å². The summed E-state index contributed by atoms with van der Waals surface area (Å²) in [5.74, 6) is 1.06. The molecule has 2 aromatic carbocycles. The number of rotatable bonds is 7. The van der Waals surface area contributed by atoms with Crippen LogP contribution in [0.3, 0.4) is 0 Å². The molecule has 8 nitrogen and oxygen atoms in total. The Morgan fingerprint density at radius 3 is 2.65 bits per heavy atom. The molecule has 0 aliphatic carbocycles. The van der Waals surface area contributed by atoms with Crippen LogP contribution in [0.25, 0.3) is 11.0 Å². The highest BCUT2D eigenvalue weighted by Gasteiger charge is 2.32. The molecule has 0 atom stereocenters. The number of imidazole rings is 1. The maximum atomic E-state index is 12.8. The number of nitrogens with one attached hydrogen (secondary N) is 1. The number of hydrogen-bond acceptors (Lipinski definition) is 7. The van der Waals surface area contributed by atoms with Crippen molar-refractivity contribution >= 4 is 42.2 Å². The summed E-state index contributed by atoms with van der Waals surface area (Å²) in [6, 6.07) is 13.2. The largest absolute Gasteiger partial charge is 0.573 e. The number of fused-ring (bicyclic) bond motifs is 1. The molecule has 0 bridgehead atoms. The first-order valence-electron chi connectivity index (χ1n) is 10.0. The molecule has 0 spiro atoms. The highest BCUT2D eigenvalue weighted by atomic mass is 19.4. The molecule has 0 aliphatic rings. The van der Waals surface area contributed by atoms with Crippen molar-refractivity contribution in [1.29, 1.82) is 0 Å². The van der Waals surface area contributed by atoms with E-state index in [2.05, 4.69) is 30.0 Å². The van der Waals surface area contributed by atoms with E-state index in [9.17, 15) is 13.2 Å². The summed E-state index contributed by atoms with van der Waals surface area (Å²) >= 11 is 0. The highest BCUT2D eigenvalue weighted by Crippen LogP contribution is 2.33. The van der Waals surface area contributed by atoms with Gasteiger partial charge in [0.05, 0.1) is 28.6 Å². The number of oxime groups is 1.